The molecule has 0 atom stereocenters. The second kappa shape index (κ2) is 7.80. The average molecular weight is 305 g/mol. The number of aromatic nitrogens is 3. The molecule has 2 rings (SSSR count). The van der Waals surface area contributed by atoms with Crippen LogP contribution in [0.15, 0.2) is 35.7 Å². The molecular formula is C14H19N5OS. The van der Waals surface area contributed by atoms with Gasteiger partial charge in [-0.1, -0.05) is 23.9 Å². The normalized spacial score (nSPS) is 10.6. The first-order valence-electron chi connectivity index (χ1n) is 6.69. The Kier molecular flexibility index (Phi) is 5.77. The van der Waals surface area contributed by atoms with E-state index in [1.165, 1.54) is 12.5 Å². The number of nitrogens with zero attached hydrogens (tertiary/aromatic N) is 3. The van der Waals surface area contributed by atoms with Gasteiger partial charge in [-0.05, 0) is 17.7 Å². The number of thioether (sulfide) groups is 1. The third-order valence-electron chi connectivity index (χ3n) is 2.78. The average Bonchev–Trinajstić information content (AvgIpc) is 2.85. The highest BCUT2D eigenvalue weighted by Gasteiger charge is 2.00. The van der Waals surface area contributed by atoms with Crippen LogP contribution in [-0.4, -0.2) is 33.0 Å². The molecule has 21 heavy (non-hydrogen) atoms. The highest BCUT2D eigenvalue weighted by Crippen LogP contribution is 2.12. The first-order chi connectivity index (χ1) is 10.1. The van der Waals surface area contributed by atoms with Crippen molar-refractivity contribution in [3.05, 3.63) is 36.2 Å². The van der Waals surface area contributed by atoms with Crippen molar-refractivity contribution in [3.8, 4) is 0 Å². The van der Waals surface area contributed by atoms with Gasteiger partial charge in [-0.3, -0.25) is 4.79 Å². The SMILES string of the molecule is CC(=O)Nc1ccc(CNCCSc2nncn2C)cc1. The summed E-state index contributed by atoms with van der Waals surface area (Å²) in [5, 5.41) is 14.9. The molecule has 0 radical (unpaired) electrons. The summed E-state index contributed by atoms with van der Waals surface area (Å²) in [5.74, 6) is 0.887. The monoisotopic (exact) mass is 305 g/mol. The molecule has 0 aliphatic rings. The van der Waals surface area contributed by atoms with Gasteiger partial charge in [0.15, 0.2) is 5.16 Å². The number of rotatable bonds is 7. The second-order valence-electron chi connectivity index (χ2n) is 4.63. The fourth-order valence-corrected chi connectivity index (χ4v) is 2.54. The largest absolute Gasteiger partial charge is 0.326 e. The van der Waals surface area contributed by atoms with E-state index in [2.05, 4.69) is 20.8 Å². The number of hydrogen-bond acceptors (Lipinski definition) is 5. The predicted octanol–water partition coefficient (Wildman–Crippen LogP) is 1.66. The fourth-order valence-electron chi connectivity index (χ4n) is 1.76. The van der Waals surface area contributed by atoms with Crippen molar-refractivity contribution >= 4 is 23.4 Å². The summed E-state index contributed by atoms with van der Waals surface area (Å²) in [6, 6.07) is 7.83. The zero-order chi connectivity index (χ0) is 15.1. The van der Waals surface area contributed by atoms with Gasteiger partial charge < -0.3 is 15.2 Å². The van der Waals surface area contributed by atoms with E-state index in [1.807, 2.05) is 35.9 Å². The molecule has 2 aromatic rings. The van der Waals surface area contributed by atoms with Crippen molar-refractivity contribution in [2.45, 2.75) is 18.6 Å². The van der Waals surface area contributed by atoms with E-state index in [1.54, 1.807) is 18.1 Å². The van der Waals surface area contributed by atoms with Gasteiger partial charge in [-0.2, -0.15) is 0 Å². The zero-order valence-electron chi connectivity index (χ0n) is 12.2. The zero-order valence-corrected chi connectivity index (χ0v) is 13.0. The van der Waals surface area contributed by atoms with E-state index >= 15 is 0 Å². The lowest BCUT2D eigenvalue weighted by molar-refractivity contribution is -0.114. The molecular weight excluding hydrogens is 286 g/mol. The Labute approximate surface area is 128 Å². The van der Waals surface area contributed by atoms with Crippen LogP contribution in [0.4, 0.5) is 5.69 Å². The molecule has 0 unspecified atom stereocenters. The van der Waals surface area contributed by atoms with Crippen LogP contribution in [0.1, 0.15) is 12.5 Å². The Morgan fingerprint density at radius 2 is 2.10 bits per heavy atom. The van der Waals surface area contributed by atoms with Gasteiger partial charge in [-0.25, -0.2) is 0 Å². The maximum atomic E-state index is 10.9. The number of carbonyl (C=O) groups excluding carboxylic acids is 1. The number of benzene rings is 1. The van der Waals surface area contributed by atoms with Crippen LogP contribution in [0.5, 0.6) is 0 Å². The Bertz CT molecular complexity index is 581. The Balaban J connectivity index is 1.66. The van der Waals surface area contributed by atoms with Crippen LogP contribution in [-0.2, 0) is 18.4 Å². The second-order valence-corrected chi connectivity index (χ2v) is 5.69. The summed E-state index contributed by atoms with van der Waals surface area (Å²) in [6.45, 7) is 3.20. The van der Waals surface area contributed by atoms with Crippen molar-refractivity contribution < 1.29 is 4.79 Å². The van der Waals surface area contributed by atoms with Crippen LogP contribution in [0, 0.1) is 0 Å². The summed E-state index contributed by atoms with van der Waals surface area (Å²) >= 11 is 1.68. The van der Waals surface area contributed by atoms with Crippen LogP contribution in [0.2, 0.25) is 0 Å². The molecule has 0 spiro atoms. The molecule has 0 aliphatic carbocycles. The van der Waals surface area contributed by atoms with Crippen molar-refractivity contribution in [1.82, 2.24) is 20.1 Å². The molecule has 6 nitrogen and oxygen atoms in total. The third kappa shape index (κ3) is 5.20. The molecule has 0 saturated carbocycles. The quantitative estimate of drug-likeness (QED) is 0.601. The number of amides is 1. The Morgan fingerprint density at radius 3 is 2.71 bits per heavy atom. The third-order valence-corrected chi connectivity index (χ3v) is 3.82. The van der Waals surface area contributed by atoms with Crippen LogP contribution in [0.25, 0.3) is 0 Å². The van der Waals surface area contributed by atoms with Gasteiger partial charge in [-0.15, -0.1) is 10.2 Å². The van der Waals surface area contributed by atoms with E-state index in [9.17, 15) is 4.79 Å². The molecule has 1 amide bonds. The Morgan fingerprint density at radius 1 is 1.33 bits per heavy atom. The first-order valence-corrected chi connectivity index (χ1v) is 7.68. The molecule has 0 fully saturated rings. The van der Waals surface area contributed by atoms with Crippen LogP contribution < -0.4 is 10.6 Å². The summed E-state index contributed by atoms with van der Waals surface area (Å²) in [7, 11) is 1.94. The van der Waals surface area contributed by atoms with Gasteiger partial charge in [0.1, 0.15) is 6.33 Å². The Hall–Kier alpha value is -1.86. The summed E-state index contributed by atoms with van der Waals surface area (Å²) in [5.41, 5.74) is 2.01. The van der Waals surface area contributed by atoms with Gasteiger partial charge in [0.25, 0.3) is 0 Å². The van der Waals surface area contributed by atoms with Gasteiger partial charge >= 0.3 is 0 Å². The molecule has 0 aliphatic heterocycles. The van der Waals surface area contributed by atoms with Crippen molar-refractivity contribution in [2.75, 3.05) is 17.6 Å². The lowest BCUT2D eigenvalue weighted by atomic mass is 10.2. The molecule has 112 valence electrons. The van der Waals surface area contributed by atoms with Gasteiger partial charge in [0, 0.05) is 38.5 Å². The molecule has 1 heterocycles. The van der Waals surface area contributed by atoms with E-state index in [-0.39, 0.29) is 5.91 Å². The predicted molar refractivity (Wildman–Crippen MR) is 84.2 cm³/mol. The number of hydrogen-bond donors (Lipinski definition) is 2. The van der Waals surface area contributed by atoms with E-state index in [4.69, 9.17) is 0 Å². The highest BCUT2D eigenvalue weighted by molar-refractivity contribution is 7.99. The van der Waals surface area contributed by atoms with E-state index < -0.39 is 0 Å². The maximum absolute atomic E-state index is 10.9. The van der Waals surface area contributed by atoms with Crippen molar-refractivity contribution in [1.29, 1.82) is 0 Å². The maximum Gasteiger partial charge on any atom is 0.221 e. The highest BCUT2D eigenvalue weighted by atomic mass is 32.2. The fraction of sp³-hybridized carbons (Fsp3) is 0.357. The van der Waals surface area contributed by atoms with Crippen molar-refractivity contribution in [2.24, 2.45) is 7.05 Å². The smallest absolute Gasteiger partial charge is 0.221 e. The van der Waals surface area contributed by atoms with E-state index in [0.717, 1.165) is 29.7 Å². The number of nitrogens with one attached hydrogen (secondary N) is 2. The van der Waals surface area contributed by atoms with Crippen LogP contribution >= 0.6 is 11.8 Å². The molecule has 1 aromatic heterocycles. The van der Waals surface area contributed by atoms with Crippen molar-refractivity contribution in [3.63, 3.8) is 0 Å². The number of aryl methyl sites for hydroxylation is 1. The summed E-state index contributed by atoms with van der Waals surface area (Å²) in [6.07, 6.45) is 1.70. The van der Waals surface area contributed by atoms with Gasteiger partial charge in [0.05, 0.1) is 0 Å². The minimum Gasteiger partial charge on any atom is -0.326 e. The lowest BCUT2D eigenvalue weighted by Gasteiger charge is -2.06. The lowest BCUT2D eigenvalue weighted by Crippen LogP contribution is -2.16. The standard InChI is InChI=1S/C14H19N5OS/c1-11(20)17-13-5-3-12(4-6-13)9-15-7-8-21-14-18-16-10-19(14)2/h3-6,10,15H,7-9H2,1-2H3,(H,17,20). The van der Waals surface area contributed by atoms with E-state index in [0.29, 0.717) is 0 Å². The molecule has 1 aromatic carbocycles. The molecule has 0 saturated heterocycles. The molecule has 2 N–H and O–H groups in total. The number of carbonyl (C=O) groups is 1. The topological polar surface area (TPSA) is 71.8 Å². The number of anilines is 1. The minimum absolute atomic E-state index is 0.0540. The molecule has 7 heteroatoms. The molecule has 0 bridgehead atoms. The summed E-state index contributed by atoms with van der Waals surface area (Å²) < 4.78 is 1.91. The van der Waals surface area contributed by atoms with Crippen LogP contribution in [0.3, 0.4) is 0 Å². The first kappa shape index (κ1) is 15.5. The minimum atomic E-state index is -0.0540. The van der Waals surface area contributed by atoms with Gasteiger partial charge in [0.2, 0.25) is 5.91 Å². The summed E-state index contributed by atoms with van der Waals surface area (Å²) in [4.78, 5) is 10.9.